The summed E-state index contributed by atoms with van der Waals surface area (Å²) in [6.45, 7) is 3.49. The fourth-order valence-electron chi connectivity index (χ4n) is 3.32. The second kappa shape index (κ2) is 7.42. The molecule has 0 spiro atoms. The van der Waals surface area contributed by atoms with Crippen LogP contribution in [0.25, 0.3) is 0 Å². The van der Waals surface area contributed by atoms with Gasteiger partial charge in [-0.1, -0.05) is 0 Å². The number of benzene rings is 2. The number of amides is 3. The molecule has 9 heteroatoms. The first-order valence-electron chi connectivity index (χ1n) is 8.81. The van der Waals surface area contributed by atoms with Crippen LogP contribution in [0.1, 0.15) is 23.6 Å². The van der Waals surface area contributed by atoms with Crippen LogP contribution < -0.4 is 14.8 Å². The second-order valence-electron chi connectivity index (χ2n) is 6.88. The molecule has 0 bridgehead atoms. The average Bonchev–Trinajstić information content (AvgIpc) is 2.92. The van der Waals surface area contributed by atoms with Gasteiger partial charge in [-0.15, -0.1) is 0 Å². The van der Waals surface area contributed by atoms with Crippen molar-refractivity contribution < 1.29 is 24.0 Å². The number of nitro benzene ring substituents is 1. The number of nitrogens with zero attached hydrogens (tertiary/aromatic N) is 2. The fourth-order valence-corrected chi connectivity index (χ4v) is 3.32. The van der Waals surface area contributed by atoms with E-state index < -0.39 is 22.4 Å². The number of rotatable bonds is 6. The van der Waals surface area contributed by atoms with E-state index in [0.29, 0.717) is 17.1 Å². The van der Waals surface area contributed by atoms with Crippen molar-refractivity contribution >= 4 is 17.6 Å². The first kappa shape index (κ1) is 20.1. The zero-order valence-corrected chi connectivity index (χ0v) is 16.5. The summed E-state index contributed by atoms with van der Waals surface area (Å²) >= 11 is 0. The molecular weight excluding hydrogens is 378 g/mol. The molecule has 29 heavy (non-hydrogen) atoms. The van der Waals surface area contributed by atoms with Crippen LogP contribution in [0.3, 0.4) is 0 Å². The zero-order valence-electron chi connectivity index (χ0n) is 16.5. The molecule has 0 unspecified atom stereocenters. The van der Waals surface area contributed by atoms with Gasteiger partial charge in [0.1, 0.15) is 5.54 Å². The topological polar surface area (TPSA) is 111 Å². The van der Waals surface area contributed by atoms with Gasteiger partial charge in [0.25, 0.3) is 11.6 Å². The first-order chi connectivity index (χ1) is 13.7. The lowest BCUT2D eigenvalue weighted by Gasteiger charge is -2.22. The number of hydrogen-bond donors (Lipinski definition) is 1. The van der Waals surface area contributed by atoms with Crippen molar-refractivity contribution in [2.75, 3.05) is 14.2 Å². The Bertz CT molecular complexity index is 988. The third-order valence-corrected chi connectivity index (χ3v) is 5.10. The van der Waals surface area contributed by atoms with E-state index in [4.69, 9.17) is 9.47 Å². The normalized spacial score (nSPS) is 18.6. The van der Waals surface area contributed by atoms with E-state index in [1.165, 1.54) is 38.5 Å². The Labute approximate surface area is 167 Å². The Balaban J connectivity index is 1.90. The molecule has 0 aliphatic carbocycles. The molecule has 0 aromatic heterocycles. The molecule has 1 N–H and O–H groups in total. The maximum atomic E-state index is 13.1. The van der Waals surface area contributed by atoms with Gasteiger partial charge < -0.3 is 14.8 Å². The SMILES string of the molecule is COc1cc(C)c(CN2C(=O)N[C@@](C)(c3ccc([N+](=O)[O-])cc3)C2=O)cc1OC. The number of nitro groups is 1. The molecule has 1 saturated heterocycles. The summed E-state index contributed by atoms with van der Waals surface area (Å²) in [5.74, 6) is 0.616. The van der Waals surface area contributed by atoms with Crippen molar-refractivity contribution in [2.45, 2.75) is 25.9 Å². The van der Waals surface area contributed by atoms with Crippen LogP contribution in [0.5, 0.6) is 11.5 Å². The molecule has 1 fully saturated rings. The second-order valence-corrected chi connectivity index (χ2v) is 6.88. The van der Waals surface area contributed by atoms with Crippen molar-refractivity contribution in [3.05, 3.63) is 63.2 Å². The lowest BCUT2D eigenvalue weighted by molar-refractivity contribution is -0.384. The van der Waals surface area contributed by atoms with Gasteiger partial charge in [0.05, 0.1) is 25.7 Å². The Morgan fingerprint density at radius 3 is 2.24 bits per heavy atom. The van der Waals surface area contributed by atoms with Crippen molar-refractivity contribution in [1.29, 1.82) is 0 Å². The van der Waals surface area contributed by atoms with Gasteiger partial charge in [-0.3, -0.25) is 19.8 Å². The van der Waals surface area contributed by atoms with Crippen LogP contribution in [0.15, 0.2) is 36.4 Å². The Kier molecular flexibility index (Phi) is 5.15. The minimum absolute atomic E-state index is 0.0550. The van der Waals surface area contributed by atoms with Crippen LogP contribution in [-0.2, 0) is 16.9 Å². The minimum atomic E-state index is -1.31. The number of methoxy groups -OCH3 is 2. The summed E-state index contributed by atoms with van der Waals surface area (Å²) < 4.78 is 10.6. The molecule has 9 nitrogen and oxygen atoms in total. The zero-order chi connectivity index (χ0) is 21.3. The predicted molar refractivity (Wildman–Crippen MR) is 104 cm³/mol. The Morgan fingerprint density at radius 2 is 1.69 bits per heavy atom. The Morgan fingerprint density at radius 1 is 1.10 bits per heavy atom. The number of ether oxygens (including phenoxy) is 2. The summed E-state index contributed by atoms with van der Waals surface area (Å²) in [5, 5.41) is 13.6. The third-order valence-electron chi connectivity index (χ3n) is 5.10. The molecule has 1 aliphatic heterocycles. The number of carbonyl (C=O) groups is 2. The number of non-ortho nitro benzene ring substituents is 1. The summed E-state index contributed by atoms with van der Waals surface area (Å²) in [4.78, 5) is 37.1. The summed E-state index contributed by atoms with van der Waals surface area (Å²) in [6, 6.07) is 8.54. The van der Waals surface area contributed by atoms with Gasteiger partial charge in [-0.05, 0) is 54.8 Å². The molecular formula is C20H21N3O6. The van der Waals surface area contributed by atoms with Crippen LogP contribution in [0, 0.1) is 17.0 Å². The highest BCUT2D eigenvalue weighted by Crippen LogP contribution is 2.34. The third kappa shape index (κ3) is 3.46. The molecule has 3 amide bonds. The number of imide groups is 1. The number of urea groups is 1. The van der Waals surface area contributed by atoms with Gasteiger partial charge in [-0.2, -0.15) is 0 Å². The molecule has 0 saturated carbocycles. The van der Waals surface area contributed by atoms with Gasteiger partial charge >= 0.3 is 6.03 Å². The van der Waals surface area contributed by atoms with Crippen molar-refractivity contribution in [1.82, 2.24) is 10.2 Å². The van der Waals surface area contributed by atoms with Crippen molar-refractivity contribution in [3.63, 3.8) is 0 Å². The van der Waals surface area contributed by atoms with Crippen LogP contribution >= 0.6 is 0 Å². The van der Waals surface area contributed by atoms with Gasteiger partial charge in [0.15, 0.2) is 11.5 Å². The van der Waals surface area contributed by atoms with Crippen LogP contribution in [0.4, 0.5) is 10.5 Å². The van der Waals surface area contributed by atoms with E-state index in [2.05, 4.69) is 5.32 Å². The average molecular weight is 399 g/mol. The smallest absolute Gasteiger partial charge is 0.325 e. The highest BCUT2D eigenvalue weighted by molar-refractivity contribution is 6.07. The highest BCUT2D eigenvalue weighted by atomic mass is 16.6. The number of aryl methyl sites for hydroxylation is 1. The van der Waals surface area contributed by atoms with Crippen LogP contribution in [0.2, 0.25) is 0 Å². The van der Waals surface area contributed by atoms with Crippen LogP contribution in [-0.4, -0.2) is 36.0 Å². The van der Waals surface area contributed by atoms with E-state index >= 15 is 0 Å². The molecule has 1 heterocycles. The predicted octanol–water partition coefficient (Wildman–Crippen LogP) is 2.89. The lowest BCUT2D eigenvalue weighted by Crippen LogP contribution is -2.40. The van der Waals surface area contributed by atoms with Crippen molar-refractivity contribution in [3.8, 4) is 11.5 Å². The number of nitrogens with one attached hydrogen (secondary N) is 1. The van der Waals surface area contributed by atoms with Gasteiger partial charge in [-0.25, -0.2) is 4.79 Å². The van der Waals surface area contributed by atoms with Gasteiger partial charge in [0.2, 0.25) is 0 Å². The maximum absolute atomic E-state index is 13.1. The Hall–Kier alpha value is -3.62. The quantitative estimate of drug-likeness (QED) is 0.454. The largest absolute Gasteiger partial charge is 0.493 e. The molecule has 2 aromatic rings. The standard InChI is InChI=1S/C20H21N3O6/c1-12-9-16(28-3)17(29-4)10-13(12)11-22-18(24)20(2,21-19(22)25)14-5-7-15(8-6-14)23(26)27/h5-10H,11H2,1-4H3,(H,21,25)/t20-/m0/s1. The van der Waals surface area contributed by atoms with Crippen molar-refractivity contribution in [2.24, 2.45) is 0 Å². The fraction of sp³-hybridized carbons (Fsp3) is 0.300. The summed E-state index contributed by atoms with van der Waals surface area (Å²) in [7, 11) is 3.04. The summed E-state index contributed by atoms with van der Waals surface area (Å²) in [6.07, 6.45) is 0. The number of hydrogen-bond acceptors (Lipinski definition) is 6. The molecule has 1 aliphatic rings. The monoisotopic (exact) mass is 399 g/mol. The molecule has 3 rings (SSSR count). The summed E-state index contributed by atoms with van der Waals surface area (Å²) in [5.41, 5.74) is 0.641. The van der Waals surface area contributed by atoms with E-state index in [-0.39, 0.29) is 12.2 Å². The molecule has 2 aromatic carbocycles. The maximum Gasteiger partial charge on any atom is 0.325 e. The minimum Gasteiger partial charge on any atom is -0.493 e. The first-order valence-corrected chi connectivity index (χ1v) is 8.81. The molecule has 152 valence electrons. The van der Waals surface area contributed by atoms with E-state index in [9.17, 15) is 19.7 Å². The van der Waals surface area contributed by atoms with E-state index in [1.54, 1.807) is 19.1 Å². The van der Waals surface area contributed by atoms with Gasteiger partial charge in [0, 0.05) is 12.1 Å². The highest BCUT2D eigenvalue weighted by Gasteiger charge is 2.49. The van der Waals surface area contributed by atoms with E-state index in [1.807, 2.05) is 6.92 Å². The molecule has 1 atom stereocenters. The lowest BCUT2D eigenvalue weighted by atomic mass is 9.92. The van der Waals surface area contributed by atoms with E-state index in [0.717, 1.165) is 16.0 Å². The number of carbonyl (C=O) groups excluding carboxylic acids is 2. The molecule has 0 radical (unpaired) electrons.